The molecule has 1 saturated heterocycles. The van der Waals surface area contributed by atoms with Gasteiger partial charge >= 0.3 is 0 Å². The lowest BCUT2D eigenvalue weighted by atomic mass is 10.0. The second-order valence-corrected chi connectivity index (χ2v) is 10.0. The van der Waals surface area contributed by atoms with Crippen LogP contribution in [0.4, 0.5) is 20.2 Å². The number of H-pyrrole nitrogens is 1. The minimum atomic E-state index is -3.81. The fourth-order valence-electron chi connectivity index (χ4n) is 3.95. The highest BCUT2D eigenvalue weighted by molar-refractivity contribution is 7.92. The summed E-state index contributed by atoms with van der Waals surface area (Å²) in [6.07, 6.45) is 3.39. The maximum Gasteiger partial charge on any atom is 0.234 e. The fraction of sp³-hybridized carbons (Fsp3) is 0.364. The number of aromatic amines is 1. The van der Waals surface area contributed by atoms with Crippen LogP contribution in [-0.4, -0.2) is 63.1 Å². The molecule has 0 atom stereocenters. The topological polar surface area (TPSA) is 98.4 Å². The van der Waals surface area contributed by atoms with Crippen molar-refractivity contribution in [1.82, 2.24) is 15.3 Å². The average molecular weight is 478 g/mol. The lowest BCUT2D eigenvalue weighted by molar-refractivity contribution is 0.103. The van der Waals surface area contributed by atoms with E-state index in [0.29, 0.717) is 17.5 Å². The van der Waals surface area contributed by atoms with Crippen molar-refractivity contribution >= 4 is 38.2 Å². The Balaban J connectivity index is 1.76. The van der Waals surface area contributed by atoms with Gasteiger partial charge in [-0.2, -0.15) is 0 Å². The second kappa shape index (κ2) is 9.06. The van der Waals surface area contributed by atoms with Gasteiger partial charge in [0.05, 0.1) is 28.9 Å². The van der Waals surface area contributed by atoms with Crippen molar-refractivity contribution < 1.29 is 22.0 Å². The minimum absolute atomic E-state index is 0.0588. The Morgan fingerprint density at radius 3 is 2.67 bits per heavy atom. The zero-order valence-electron chi connectivity index (χ0n) is 18.4. The molecule has 1 fully saturated rings. The Labute approximate surface area is 190 Å². The Morgan fingerprint density at radius 2 is 1.97 bits per heavy atom. The quantitative estimate of drug-likeness (QED) is 0.508. The first-order chi connectivity index (χ1) is 15.7. The number of carbonyl (C=O) groups excluding carboxylic acids is 1. The van der Waals surface area contributed by atoms with E-state index in [4.69, 9.17) is 0 Å². The molecule has 0 spiro atoms. The van der Waals surface area contributed by atoms with E-state index < -0.39 is 33.0 Å². The first kappa shape index (κ1) is 23.1. The maximum absolute atomic E-state index is 15.4. The van der Waals surface area contributed by atoms with Gasteiger partial charge in [-0.05, 0) is 24.6 Å². The first-order valence-electron chi connectivity index (χ1n) is 10.7. The highest BCUT2D eigenvalue weighted by Gasteiger charge is 2.28. The monoisotopic (exact) mass is 477 g/mol. The Kier molecular flexibility index (Phi) is 6.35. The zero-order chi connectivity index (χ0) is 23.8. The Hall–Kier alpha value is -3.05. The number of pyridine rings is 1. The predicted octanol–water partition coefficient (Wildman–Crippen LogP) is 2.66. The number of sulfonamides is 1. The van der Waals surface area contributed by atoms with Gasteiger partial charge in [-0.3, -0.25) is 9.10 Å². The SMILES string of the molecule is CCCS(=O)(=O)N(C)c1ccc(F)c(C(=O)c2c[nH]c3ncc(N4CCNCC4)cc23)c1F. The van der Waals surface area contributed by atoms with Gasteiger partial charge < -0.3 is 15.2 Å². The van der Waals surface area contributed by atoms with Crippen LogP contribution in [0.3, 0.4) is 0 Å². The number of benzene rings is 1. The smallest absolute Gasteiger partial charge is 0.234 e. The van der Waals surface area contributed by atoms with Crippen molar-refractivity contribution in [1.29, 1.82) is 0 Å². The van der Waals surface area contributed by atoms with Crippen LogP contribution in [0.2, 0.25) is 0 Å². The number of rotatable bonds is 7. The molecule has 1 aliphatic heterocycles. The van der Waals surface area contributed by atoms with Crippen LogP contribution in [0.5, 0.6) is 0 Å². The summed E-state index contributed by atoms with van der Waals surface area (Å²) in [4.78, 5) is 22.6. The normalized spacial score (nSPS) is 14.6. The number of halogens is 2. The number of piperazine rings is 1. The molecule has 4 rings (SSSR count). The van der Waals surface area contributed by atoms with E-state index in [9.17, 15) is 17.6 Å². The van der Waals surface area contributed by atoms with Crippen LogP contribution in [0.25, 0.3) is 11.0 Å². The van der Waals surface area contributed by atoms with Gasteiger partial charge in [-0.1, -0.05) is 6.92 Å². The number of hydrogen-bond acceptors (Lipinski definition) is 6. The van der Waals surface area contributed by atoms with Crippen LogP contribution >= 0.6 is 0 Å². The summed E-state index contributed by atoms with van der Waals surface area (Å²) >= 11 is 0. The number of hydrogen-bond donors (Lipinski definition) is 2. The molecule has 2 N–H and O–H groups in total. The summed E-state index contributed by atoms with van der Waals surface area (Å²) < 4.78 is 55.6. The van der Waals surface area contributed by atoms with Crippen LogP contribution in [0, 0.1) is 11.6 Å². The summed E-state index contributed by atoms with van der Waals surface area (Å²) in [5.41, 5.74) is 0.0882. The van der Waals surface area contributed by atoms with E-state index >= 15 is 4.39 Å². The third kappa shape index (κ3) is 4.30. The molecule has 1 aromatic carbocycles. The number of fused-ring (bicyclic) bond motifs is 1. The highest BCUT2D eigenvalue weighted by atomic mass is 32.2. The molecule has 8 nitrogen and oxygen atoms in total. The number of carbonyl (C=O) groups is 1. The van der Waals surface area contributed by atoms with Gasteiger partial charge in [-0.25, -0.2) is 22.2 Å². The van der Waals surface area contributed by atoms with Gasteiger partial charge in [0.1, 0.15) is 11.5 Å². The number of nitrogens with zero attached hydrogens (tertiary/aromatic N) is 3. The van der Waals surface area contributed by atoms with Crippen LogP contribution in [0.1, 0.15) is 29.3 Å². The van der Waals surface area contributed by atoms with Crippen LogP contribution in [-0.2, 0) is 10.0 Å². The van der Waals surface area contributed by atoms with Crippen molar-refractivity contribution in [2.45, 2.75) is 13.3 Å². The first-order valence-corrected chi connectivity index (χ1v) is 12.3. The predicted molar refractivity (Wildman–Crippen MR) is 123 cm³/mol. The third-order valence-electron chi connectivity index (χ3n) is 5.76. The molecule has 0 saturated carbocycles. The standard InChI is InChI=1S/C22H25F2N5O3S/c1-3-10-33(31,32)28(2)18-5-4-17(23)19(20(18)24)21(30)16-13-27-22-15(16)11-14(12-26-22)29-8-6-25-7-9-29/h4-5,11-13,25H,3,6-10H2,1-2H3,(H,26,27). The van der Waals surface area contributed by atoms with Crippen molar-refractivity contribution in [3.05, 3.63) is 53.4 Å². The summed E-state index contributed by atoms with van der Waals surface area (Å²) in [5, 5.41) is 3.70. The zero-order valence-corrected chi connectivity index (χ0v) is 19.2. The molecule has 3 heterocycles. The van der Waals surface area contributed by atoms with E-state index in [1.165, 1.54) is 13.2 Å². The van der Waals surface area contributed by atoms with Gasteiger partial charge in [-0.15, -0.1) is 0 Å². The fourth-order valence-corrected chi connectivity index (χ4v) is 5.18. The molecule has 33 heavy (non-hydrogen) atoms. The highest BCUT2D eigenvalue weighted by Crippen LogP contribution is 2.30. The summed E-state index contributed by atoms with van der Waals surface area (Å²) in [5.74, 6) is -3.38. The van der Waals surface area contributed by atoms with E-state index in [0.717, 1.165) is 48.3 Å². The lowest BCUT2D eigenvalue weighted by Gasteiger charge is -2.29. The molecule has 0 unspecified atom stereocenters. The summed E-state index contributed by atoms with van der Waals surface area (Å²) in [6.45, 7) is 4.85. The van der Waals surface area contributed by atoms with E-state index in [2.05, 4.69) is 20.2 Å². The molecule has 0 amide bonds. The lowest BCUT2D eigenvalue weighted by Crippen LogP contribution is -2.43. The van der Waals surface area contributed by atoms with Gasteiger partial charge in [0.2, 0.25) is 15.8 Å². The molecule has 0 aliphatic carbocycles. The Morgan fingerprint density at radius 1 is 1.24 bits per heavy atom. The summed E-state index contributed by atoms with van der Waals surface area (Å²) in [6, 6.07) is 3.70. The van der Waals surface area contributed by atoms with E-state index in [-0.39, 0.29) is 17.0 Å². The molecule has 176 valence electrons. The van der Waals surface area contributed by atoms with Crippen molar-refractivity contribution in [3.63, 3.8) is 0 Å². The molecular weight excluding hydrogens is 452 g/mol. The number of ketones is 1. The number of nitrogens with one attached hydrogen (secondary N) is 2. The molecule has 0 radical (unpaired) electrons. The molecule has 0 bridgehead atoms. The molecular formula is C22H25F2N5O3S. The van der Waals surface area contributed by atoms with Gasteiger partial charge in [0.15, 0.2) is 5.82 Å². The molecule has 11 heteroatoms. The number of anilines is 2. The van der Waals surface area contributed by atoms with Gasteiger partial charge in [0.25, 0.3) is 0 Å². The minimum Gasteiger partial charge on any atom is -0.368 e. The summed E-state index contributed by atoms with van der Waals surface area (Å²) in [7, 11) is -2.63. The molecule has 1 aliphatic rings. The molecule has 2 aromatic heterocycles. The molecule has 3 aromatic rings. The van der Waals surface area contributed by atoms with Gasteiger partial charge in [0, 0.05) is 50.4 Å². The Bertz CT molecular complexity index is 1300. The maximum atomic E-state index is 15.4. The van der Waals surface area contributed by atoms with Crippen LogP contribution < -0.4 is 14.5 Å². The van der Waals surface area contributed by atoms with Crippen molar-refractivity contribution in [2.75, 3.05) is 48.2 Å². The van der Waals surface area contributed by atoms with E-state index in [1.54, 1.807) is 19.2 Å². The third-order valence-corrected chi connectivity index (χ3v) is 7.72. The van der Waals surface area contributed by atoms with E-state index in [1.807, 2.05) is 0 Å². The average Bonchev–Trinajstić information content (AvgIpc) is 3.22. The largest absolute Gasteiger partial charge is 0.368 e. The second-order valence-electron chi connectivity index (χ2n) is 7.90. The van der Waals surface area contributed by atoms with Crippen molar-refractivity contribution in [3.8, 4) is 0 Å². The van der Waals surface area contributed by atoms with Crippen LogP contribution in [0.15, 0.2) is 30.6 Å². The number of aromatic nitrogens is 2. The van der Waals surface area contributed by atoms with Crippen molar-refractivity contribution in [2.24, 2.45) is 0 Å².